The zero-order valence-corrected chi connectivity index (χ0v) is 12.0. The Balaban J connectivity index is 2.33. The third kappa shape index (κ3) is 2.74. The van der Waals surface area contributed by atoms with Gasteiger partial charge in [-0.05, 0) is 49.8 Å². The summed E-state index contributed by atoms with van der Waals surface area (Å²) in [5, 5.41) is 0. The Kier molecular flexibility index (Phi) is 4.06. The van der Waals surface area contributed by atoms with Gasteiger partial charge in [-0.1, -0.05) is 19.9 Å². The second-order valence-corrected chi connectivity index (χ2v) is 6.08. The molecular weight excluding hydrogens is 225 g/mol. The number of halogens is 1. The quantitative estimate of drug-likeness (QED) is 0.787. The van der Waals surface area contributed by atoms with Crippen LogP contribution in [0.3, 0.4) is 0 Å². The summed E-state index contributed by atoms with van der Waals surface area (Å²) in [6.45, 7) is 10.6. The highest BCUT2D eigenvalue weighted by atomic mass is 19.1. The number of hydrogen-bond acceptors (Lipinski definition) is 1. The smallest absolute Gasteiger partial charge is 0.127 e. The molecule has 0 amide bonds. The van der Waals surface area contributed by atoms with E-state index in [1.807, 2.05) is 6.07 Å². The third-order valence-corrected chi connectivity index (χ3v) is 3.84. The number of hydrogen-bond donors (Lipinski definition) is 0. The molecule has 0 radical (unpaired) electrons. The van der Waals surface area contributed by atoms with Crippen LogP contribution in [0.5, 0.6) is 0 Å². The van der Waals surface area contributed by atoms with Gasteiger partial charge in [-0.15, -0.1) is 0 Å². The van der Waals surface area contributed by atoms with E-state index in [1.165, 1.54) is 11.1 Å². The van der Waals surface area contributed by atoms with Crippen molar-refractivity contribution in [1.82, 2.24) is 4.90 Å². The number of rotatable bonds is 3. The molecule has 0 bridgehead atoms. The molecule has 0 aliphatic carbocycles. The first-order valence-electron chi connectivity index (χ1n) is 7.02. The van der Waals surface area contributed by atoms with Crippen molar-refractivity contribution in [2.24, 2.45) is 5.92 Å². The number of fused-ring (bicyclic) bond motifs is 1. The molecule has 0 saturated heterocycles. The summed E-state index contributed by atoms with van der Waals surface area (Å²) in [5.41, 5.74) is 3.57. The highest BCUT2D eigenvalue weighted by Gasteiger charge is 2.23. The lowest BCUT2D eigenvalue weighted by Gasteiger charge is -2.33. The van der Waals surface area contributed by atoms with Crippen molar-refractivity contribution in [3.05, 3.63) is 34.6 Å². The number of nitrogens with zero attached hydrogens (tertiary/aromatic N) is 1. The molecule has 100 valence electrons. The van der Waals surface area contributed by atoms with Gasteiger partial charge in [-0.3, -0.25) is 4.90 Å². The molecular formula is C16H24FN. The first kappa shape index (κ1) is 13.5. The molecule has 2 heteroatoms. The van der Waals surface area contributed by atoms with E-state index in [1.54, 1.807) is 6.07 Å². The van der Waals surface area contributed by atoms with Crippen molar-refractivity contribution in [2.75, 3.05) is 6.54 Å². The molecule has 0 unspecified atom stereocenters. The average Bonchev–Trinajstić information content (AvgIpc) is 2.32. The fourth-order valence-electron chi connectivity index (χ4n) is 2.80. The summed E-state index contributed by atoms with van der Waals surface area (Å²) in [5.74, 6) is 0.602. The van der Waals surface area contributed by atoms with Crippen LogP contribution in [-0.4, -0.2) is 17.5 Å². The molecule has 1 nitrogen and oxygen atoms in total. The van der Waals surface area contributed by atoms with Gasteiger partial charge in [-0.25, -0.2) is 4.39 Å². The van der Waals surface area contributed by atoms with E-state index in [4.69, 9.17) is 0 Å². The van der Waals surface area contributed by atoms with Gasteiger partial charge in [0.05, 0.1) is 0 Å². The Labute approximate surface area is 110 Å². The van der Waals surface area contributed by atoms with Crippen LogP contribution in [0.1, 0.15) is 44.4 Å². The van der Waals surface area contributed by atoms with Crippen molar-refractivity contribution >= 4 is 0 Å². The van der Waals surface area contributed by atoms with Crippen LogP contribution in [0.2, 0.25) is 0 Å². The van der Waals surface area contributed by atoms with Crippen LogP contribution in [0.25, 0.3) is 0 Å². The SMILES string of the molecule is CC(C)Cc1ccc(F)c2c1CCN(C(C)C)C2. The predicted molar refractivity (Wildman–Crippen MR) is 74.2 cm³/mol. The van der Waals surface area contributed by atoms with Gasteiger partial charge in [0, 0.05) is 24.7 Å². The van der Waals surface area contributed by atoms with Crippen LogP contribution in [-0.2, 0) is 19.4 Å². The highest BCUT2D eigenvalue weighted by Crippen LogP contribution is 2.27. The maximum Gasteiger partial charge on any atom is 0.127 e. The van der Waals surface area contributed by atoms with Gasteiger partial charge >= 0.3 is 0 Å². The average molecular weight is 249 g/mol. The maximum atomic E-state index is 14.0. The Morgan fingerprint density at radius 3 is 2.50 bits per heavy atom. The normalized spacial score (nSPS) is 16.4. The summed E-state index contributed by atoms with van der Waals surface area (Å²) in [7, 11) is 0. The van der Waals surface area contributed by atoms with Crippen LogP contribution >= 0.6 is 0 Å². The van der Waals surface area contributed by atoms with E-state index >= 15 is 0 Å². The molecule has 0 spiro atoms. The van der Waals surface area contributed by atoms with Gasteiger partial charge < -0.3 is 0 Å². The van der Waals surface area contributed by atoms with Gasteiger partial charge in [0.2, 0.25) is 0 Å². The van der Waals surface area contributed by atoms with Crippen LogP contribution < -0.4 is 0 Å². The molecule has 1 aliphatic rings. The molecule has 1 aromatic carbocycles. The summed E-state index contributed by atoms with van der Waals surface area (Å²) in [4.78, 5) is 2.35. The fraction of sp³-hybridized carbons (Fsp3) is 0.625. The molecule has 0 fully saturated rings. The van der Waals surface area contributed by atoms with Crippen molar-refractivity contribution < 1.29 is 4.39 Å². The number of benzene rings is 1. The lowest BCUT2D eigenvalue weighted by Crippen LogP contribution is -2.36. The first-order chi connectivity index (χ1) is 8.49. The van der Waals surface area contributed by atoms with Crippen LogP contribution in [0.15, 0.2) is 12.1 Å². The summed E-state index contributed by atoms with van der Waals surface area (Å²) in [6.07, 6.45) is 2.05. The second-order valence-electron chi connectivity index (χ2n) is 6.08. The van der Waals surface area contributed by atoms with E-state index in [2.05, 4.69) is 32.6 Å². The lowest BCUT2D eigenvalue weighted by atomic mass is 9.89. The standard InChI is InChI=1S/C16H24FN/c1-11(2)9-13-5-6-16(17)15-10-18(12(3)4)8-7-14(13)15/h5-6,11-12H,7-10H2,1-4H3. The molecule has 1 aliphatic heterocycles. The van der Waals surface area contributed by atoms with E-state index in [9.17, 15) is 4.39 Å². The first-order valence-corrected chi connectivity index (χ1v) is 7.02. The minimum absolute atomic E-state index is 0.0251. The topological polar surface area (TPSA) is 3.24 Å². The van der Waals surface area contributed by atoms with Crippen molar-refractivity contribution in [3.63, 3.8) is 0 Å². The predicted octanol–water partition coefficient (Wildman–Crippen LogP) is 3.79. The highest BCUT2D eigenvalue weighted by molar-refractivity contribution is 5.38. The Morgan fingerprint density at radius 1 is 1.17 bits per heavy atom. The van der Waals surface area contributed by atoms with E-state index in [-0.39, 0.29) is 5.82 Å². The third-order valence-electron chi connectivity index (χ3n) is 3.84. The molecule has 1 aromatic rings. The van der Waals surface area contributed by atoms with E-state index in [0.717, 1.165) is 31.5 Å². The Hall–Kier alpha value is -0.890. The Morgan fingerprint density at radius 2 is 1.89 bits per heavy atom. The lowest BCUT2D eigenvalue weighted by molar-refractivity contribution is 0.199. The zero-order chi connectivity index (χ0) is 13.3. The van der Waals surface area contributed by atoms with Crippen LogP contribution in [0, 0.1) is 11.7 Å². The van der Waals surface area contributed by atoms with Crippen molar-refractivity contribution in [3.8, 4) is 0 Å². The largest absolute Gasteiger partial charge is 0.296 e. The second kappa shape index (κ2) is 5.40. The summed E-state index contributed by atoms with van der Waals surface area (Å²) < 4.78 is 14.0. The van der Waals surface area contributed by atoms with E-state index in [0.29, 0.717) is 12.0 Å². The molecule has 0 N–H and O–H groups in total. The van der Waals surface area contributed by atoms with Crippen molar-refractivity contribution in [2.45, 2.75) is 53.1 Å². The minimum Gasteiger partial charge on any atom is -0.296 e. The monoisotopic (exact) mass is 249 g/mol. The van der Waals surface area contributed by atoms with Crippen LogP contribution in [0.4, 0.5) is 4.39 Å². The summed E-state index contributed by atoms with van der Waals surface area (Å²) >= 11 is 0. The molecule has 0 atom stereocenters. The van der Waals surface area contributed by atoms with Gasteiger partial charge in [0.25, 0.3) is 0 Å². The molecule has 18 heavy (non-hydrogen) atoms. The maximum absolute atomic E-state index is 14.0. The summed E-state index contributed by atoms with van der Waals surface area (Å²) in [6, 6.07) is 4.13. The molecule has 1 heterocycles. The minimum atomic E-state index is -0.0251. The Bertz CT molecular complexity index is 423. The molecule has 0 saturated carbocycles. The molecule has 0 aromatic heterocycles. The van der Waals surface area contributed by atoms with Gasteiger partial charge in [0.15, 0.2) is 0 Å². The van der Waals surface area contributed by atoms with E-state index < -0.39 is 0 Å². The van der Waals surface area contributed by atoms with Crippen molar-refractivity contribution in [1.29, 1.82) is 0 Å². The zero-order valence-electron chi connectivity index (χ0n) is 12.0. The van der Waals surface area contributed by atoms with Gasteiger partial charge in [0.1, 0.15) is 5.82 Å². The molecule has 2 rings (SSSR count). The van der Waals surface area contributed by atoms with Gasteiger partial charge in [-0.2, -0.15) is 0 Å². The fourth-order valence-corrected chi connectivity index (χ4v) is 2.80.